The molecule has 8 heteroatoms. The van der Waals surface area contributed by atoms with E-state index in [1.807, 2.05) is 0 Å². The first-order valence-corrected chi connectivity index (χ1v) is 4.81. The number of aromatic nitrogens is 2. The molecule has 0 saturated heterocycles. The predicted octanol–water partition coefficient (Wildman–Crippen LogP) is 2.84. The maximum absolute atomic E-state index is 12.2. The van der Waals surface area contributed by atoms with Crippen LogP contribution in [0.25, 0.3) is 0 Å². The summed E-state index contributed by atoms with van der Waals surface area (Å²) < 4.78 is 46.0. The highest BCUT2D eigenvalue weighted by Gasteiger charge is 2.38. The average Bonchev–Trinajstić information content (AvgIpc) is 2.77. The van der Waals surface area contributed by atoms with Crippen LogP contribution in [-0.4, -0.2) is 17.3 Å². The zero-order valence-corrected chi connectivity index (χ0v) is 9.15. The Bertz CT molecular complexity index is 539. The Balaban J connectivity index is 2.16. The summed E-state index contributed by atoms with van der Waals surface area (Å²) in [6.07, 6.45) is -4.65. The standard InChI is InChI=1S/C10H8F3N3O2/c1-17-7-4-2-3-6(5-7)14-9-16-15-8(18-9)10(11,12)13/h2-5H,1H3,(H,14,16). The predicted molar refractivity (Wildman–Crippen MR) is 55.6 cm³/mol. The second kappa shape index (κ2) is 4.55. The van der Waals surface area contributed by atoms with E-state index < -0.39 is 12.1 Å². The number of benzene rings is 1. The summed E-state index contributed by atoms with van der Waals surface area (Å²) in [5, 5.41) is 8.69. The number of alkyl halides is 3. The van der Waals surface area contributed by atoms with Crippen molar-refractivity contribution >= 4 is 11.7 Å². The van der Waals surface area contributed by atoms with Crippen LogP contribution in [0, 0.1) is 0 Å². The summed E-state index contributed by atoms with van der Waals surface area (Å²) in [6.45, 7) is 0. The van der Waals surface area contributed by atoms with Crippen LogP contribution < -0.4 is 10.1 Å². The van der Waals surface area contributed by atoms with Crippen LogP contribution in [0.5, 0.6) is 5.75 Å². The first-order chi connectivity index (χ1) is 8.49. The van der Waals surface area contributed by atoms with Gasteiger partial charge in [0.1, 0.15) is 5.75 Å². The maximum atomic E-state index is 12.2. The van der Waals surface area contributed by atoms with Crippen LogP contribution in [0.4, 0.5) is 24.9 Å². The van der Waals surface area contributed by atoms with Crippen molar-refractivity contribution in [1.29, 1.82) is 0 Å². The van der Waals surface area contributed by atoms with Crippen LogP contribution >= 0.6 is 0 Å². The molecule has 0 spiro atoms. The van der Waals surface area contributed by atoms with E-state index in [0.29, 0.717) is 11.4 Å². The first kappa shape index (κ1) is 12.2. The number of nitrogens with zero attached hydrogens (tertiary/aromatic N) is 2. The van der Waals surface area contributed by atoms with Crippen LogP contribution in [0.15, 0.2) is 28.7 Å². The third-order valence-electron chi connectivity index (χ3n) is 1.99. The topological polar surface area (TPSA) is 60.2 Å². The molecule has 0 aliphatic heterocycles. The molecule has 0 radical (unpaired) electrons. The molecule has 0 unspecified atom stereocenters. The van der Waals surface area contributed by atoms with Gasteiger partial charge >= 0.3 is 18.1 Å². The van der Waals surface area contributed by atoms with E-state index in [1.54, 1.807) is 24.3 Å². The molecular weight excluding hydrogens is 251 g/mol. The van der Waals surface area contributed by atoms with Gasteiger partial charge in [-0.3, -0.25) is 0 Å². The third-order valence-corrected chi connectivity index (χ3v) is 1.99. The zero-order valence-electron chi connectivity index (χ0n) is 9.15. The van der Waals surface area contributed by atoms with Gasteiger partial charge in [-0.1, -0.05) is 11.2 Å². The fourth-order valence-electron chi connectivity index (χ4n) is 1.21. The molecule has 0 saturated carbocycles. The van der Waals surface area contributed by atoms with Gasteiger partial charge in [-0.15, -0.1) is 5.10 Å². The molecule has 2 rings (SSSR count). The minimum Gasteiger partial charge on any atom is -0.497 e. The largest absolute Gasteiger partial charge is 0.497 e. The second-order valence-electron chi connectivity index (χ2n) is 3.27. The van der Waals surface area contributed by atoms with Crippen molar-refractivity contribution in [1.82, 2.24) is 10.2 Å². The lowest BCUT2D eigenvalue weighted by Gasteiger charge is -2.03. The Morgan fingerprint density at radius 3 is 2.67 bits per heavy atom. The Morgan fingerprint density at radius 2 is 2.06 bits per heavy atom. The van der Waals surface area contributed by atoms with E-state index in [1.165, 1.54) is 7.11 Å². The third kappa shape index (κ3) is 2.70. The Labute approximate surface area is 99.6 Å². The van der Waals surface area contributed by atoms with Crippen LogP contribution in [0.1, 0.15) is 5.89 Å². The molecule has 0 atom stereocenters. The molecule has 5 nitrogen and oxygen atoms in total. The summed E-state index contributed by atoms with van der Waals surface area (Å²) in [7, 11) is 1.48. The summed E-state index contributed by atoms with van der Waals surface area (Å²) in [6, 6.07) is 6.23. The molecule has 1 heterocycles. The SMILES string of the molecule is COc1cccc(Nc2nnc(C(F)(F)F)o2)c1. The minimum atomic E-state index is -4.65. The van der Waals surface area contributed by atoms with Gasteiger partial charge in [0.15, 0.2) is 0 Å². The number of nitrogens with one attached hydrogen (secondary N) is 1. The molecule has 1 aromatic heterocycles. The monoisotopic (exact) mass is 259 g/mol. The van der Waals surface area contributed by atoms with Crippen molar-refractivity contribution in [2.75, 3.05) is 12.4 Å². The normalized spacial score (nSPS) is 11.3. The van der Waals surface area contributed by atoms with E-state index in [4.69, 9.17) is 4.74 Å². The molecular formula is C10H8F3N3O2. The van der Waals surface area contributed by atoms with Gasteiger partial charge in [-0.2, -0.15) is 13.2 Å². The summed E-state index contributed by atoms with van der Waals surface area (Å²) in [5.74, 6) is -0.844. The second-order valence-corrected chi connectivity index (χ2v) is 3.27. The minimum absolute atomic E-state index is 0.337. The van der Waals surface area contributed by atoms with Gasteiger partial charge < -0.3 is 14.5 Å². The van der Waals surface area contributed by atoms with Crippen molar-refractivity contribution < 1.29 is 22.3 Å². The van der Waals surface area contributed by atoms with E-state index in [-0.39, 0.29) is 6.01 Å². The molecule has 0 aliphatic carbocycles. The van der Waals surface area contributed by atoms with Crippen molar-refractivity contribution in [3.63, 3.8) is 0 Å². The smallest absolute Gasteiger partial charge is 0.470 e. The molecule has 0 aliphatic rings. The number of anilines is 2. The highest BCUT2D eigenvalue weighted by atomic mass is 19.4. The van der Waals surface area contributed by atoms with E-state index in [9.17, 15) is 13.2 Å². The summed E-state index contributed by atoms with van der Waals surface area (Å²) in [5.41, 5.74) is 0.478. The van der Waals surface area contributed by atoms with Crippen LogP contribution in [0.3, 0.4) is 0 Å². The first-order valence-electron chi connectivity index (χ1n) is 4.81. The fourth-order valence-corrected chi connectivity index (χ4v) is 1.21. The highest BCUT2D eigenvalue weighted by molar-refractivity contribution is 5.54. The Hall–Kier alpha value is -2.25. The van der Waals surface area contributed by atoms with Gasteiger partial charge in [-0.05, 0) is 12.1 Å². The van der Waals surface area contributed by atoms with Crippen LogP contribution in [-0.2, 0) is 6.18 Å². The lowest BCUT2D eigenvalue weighted by atomic mass is 10.3. The van der Waals surface area contributed by atoms with Gasteiger partial charge in [0.25, 0.3) is 0 Å². The van der Waals surface area contributed by atoms with E-state index >= 15 is 0 Å². The molecule has 2 aromatic rings. The number of halogens is 3. The molecule has 96 valence electrons. The number of ether oxygens (including phenoxy) is 1. The molecule has 1 aromatic carbocycles. The van der Waals surface area contributed by atoms with Gasteiger partial charge in [0, 0.05) is 11.8 Å². The number of hydrogen-bond donors (Lipinski definition) is 1. The zero-order chi connectivity index (χ0) is 13.2. The van der Waals surface area contributed by atoms with Crippen molar-refractivity contribution in [3.05, 3.63) is 30.2 Å². The number of rotatable bonds is 3. The average molecular weight is 259 g/mol. The fraction of sp³-hybridized carbons (Fsp3) is 0.200. The van der Waals surface area contributed by atoms with E-state index in [0.717, 1.165) is 0 Å². The van der Waals surface area contributed by atoms with Crippen molar-refractivity contribution in [2.24, 2.45) is 0 Å². The Kier molecular flexibility index (Phi) is 3.09. The lowest BCUT2D eigenvalue weighted by Crippen LogP contribution is -2.04. The number of hydrogen-bond acceptors (Lipinski definition) is 5. The quantitative estimate of drug-likeness (QED) is 0.918. The van der Waals surface area contributed by atoms with Gasteiger partial charge in [0.05, 0.1) is 7.11 Å². The lowest BCUT2D eigenvalue weighted by molar-refractivity contribution is -0.156. The van der Waals surface area contributed by atoms with Crippen molar-refractivity contribution in [3.8, 4) is 5.75 Å². The molecule has 0 fully saturated rings. The molecule has 0 bridgehead atoms. The summed E-state index contributed by atoms with van der Waals surface area (Å²) in [4.78, 5) is 0. The van der Waals surface area contributed by atoms with Gasteiger partial charge in [-0.25, -0.2) is 0 Å². The molecule has 1 N–H and O–H groups in total. The molecule has 18 heavy (non-hydrogen) atoms. The van der Waals surface area contributed by atoms with Crippen LogP contribution in [0.2, 0.25) is 0 Å². The Morgan fingerprint density at radius 1 is 1.28 bits per heavy atom. The molecule has 0 amide bonds. The maximum Gasteiger partial charge on any atom is 0.470 e. The highest BCUT2D eigenvalue weighted by Crippen LogP contribution is 2.29. The summed E-state index contributed by atoms with van der Waals surface area (Å²) >= 11 is 0. The van der Waals surface area contributed by atoms with Crippen molar-refractivity contribution in [2.45, 2.75) is 6.18 Å². The van der Waals surface area contributed by atoms with E-state index in [2.05, 4.69) is 19.9 Å². The van der Waals surface area contributed by atoms with Gasteiger partial charge in [0.2, 0.25) is 0 Å². The number of methoxy groups -OCH3 is 1.